The first-order chi connectivity index (χ1) is 14.4. The summed E-state index contributed by atoms with van der Waals surface area (Å²) in [6.45, 7) is 3.18. The zero-order valence-electron chi connectivity index (χ0n) is 17.6. The summed E-state index contributed by atoms with van der Waals surface area (Å²) in [5, 5.41) is 17.5. The lowest BCUT2D eigenvalue weighted by molar-refractivity contribution is -0.139. The maximum absolute atomic E-state index is 13.7. The van der Waals surface area contributed by atoms with E-state index in [1.165, 1.54) is 13.0 Å². The van der Waals surface area contributed by atoms with Gasteiger partial charge in [-0.25, -0.2) is 8.42 Å². The minimum Gasteiger partial charge on any atom is -0.394 e. The Morgan fingerprint density at radius 3 is 2.35 bits per heavy atom. The topological polar surface area (TPSA) is 106 Å². The maximum Gasteiger partial charge on any atom is 0.417 e. The molecule has 2 aromatic rings. The van der Waals surface area contributed by atoms with Crippen LogP contribution in [0.2, 0.25) is 0 Å². The number of unbranched alkanes of at least 4 members (excludes halogenated alkanes) is 5. The molecular formula is C20H28F3N3O3S2. The van der Waals surface area contributed by atoms with Crippen LogP contribution >= 0.6 is 11.3 Å². The van der Waals surface area contributed by atoms with Crippen molar-refractivity contribution in [3.63, 3.8) is 0 Å². The van der Waals surface area contributed by atoms with E-state index in [0.29, 0.717) is 12.8 Å². The molecule has 0 aliphatic rings. The molecule has 2 rings (SSSR count). The summed E-state index contributed by atoms with van der Waals surface area (Å²) < 4.78 is 66.4. The van der Waals surface area contributed by atoms with E-state index in [0.717, 1.165) is 49.2 Å². The predicted octanol–water partition coefficient (Wildman–Crippen LogP) is 4.52. The van der Waals surface area contributed by atoms with Crippen molar-refractivity contribution in [3.05, 3.63) is 28.8 Å². The van der Waals surface area contributed by atoms with Crippen LogP contribution in [0.3, 0.4) is 0 Å². The van der Waals surface area contributed by atoms with Gasteiger partial charge in [0.25, 0.3) is 0 Å². The number of nitrogens with zero attached hydrogens (tertiary/aromatic N) is 2. The third kappa shape index (κ3) is 6.71. The van der Waals surface area contributed by atoms with Gasteiger partial charge in [0.05, 0.1) is 28.4 Å². The third-order valence-electron chi connectivity index (χ3n) is 4.88. The van der Waals surface area contributed by atoms with Gasteiger partial charge in [-0.05, 0) is 25.5 Å². The maximum atomic E-state index is 13.7. The summed E-state index contributed by atoms with van der Waals surface area (Å²) in [7, 11) is -4.09. The number of aliphatic hydroxyl groups excluding tert-OH is 1. The van der Waals surface area contributed by atoms with Gasteiger partial charge in [0.15, 0.2) is 9.84 Å². The van der Waals surface area contributed by atoms with Crippen molar-refractivity contribution in [2.75, 3.05) is 12.4 Å². The lowest BCUT2D eigenvalue weighted by Gasteiger charge is -2.17. The second-order valence-corrected chi connectivity index (χ2v) is 10.8. The fraction of sp³-hybridized carbons (Fsp3) is 0.600. The third-order valence-corrected chi connectivity index (χ3v) is 7.98. The second kappa shape index (κ2) is 10.4. The molecule has 3 N–H and O–H groups in total. The highest BCUT2D eigenvalue weighted by Crippen LogP contribution is 2.38. The van der Waals surface area contributed by atoms with E-state index >= 15 is 0 Å². The summed E-state index contributed by atoms with van der Waals surface area (Å²) >= 11 is 0.949. The number of aromatic nitrogens is 2. The van der Waals surface area contributed by atoms with Crippen LogP contribution in [0.4, 0.5) is 13.2 Å². The average molecular weight is 480 g/mol. The van der Waals surface area contributed by atoms with Crippen LogP contribution in [0.25, 0.3) is 10.6 Å². The van der Waals surface area contributed by atoms with Crippen LogP contribution in [-0.4, -0.2) is 36.1 Å². The zero-order chi connectivity index (χ0) is 23.3. The number of hydrogen-bond acceptors (Lipinski definition) is 7. The molecule has 1 unspecified atom stereocenters. The average Bonchev–Trinajstić information content (AvgIpc) is 3.20. The van der Waals surface area contributed by atoms with Crippen molar-refractivity contribution in [2.45, 2.75) is 69.0 Å². The molecule has 0 saturated heterocycles. The summed E-state index contributed by atoms with van der Waals surface area (Å²) in [5.74, 6) is -0.327. The fourth-order valence-electron chi connectivity index (χ4n) is 2.98. The minimum absolute atomic E-state index is 0.0864. The summed E-state index contributed by atoms with van der Waals surface area (Å²) in [4.78, 5) is -0.721. The van der Waals surface area contributed by atoms with Gasteiger partial charge in [-0.3, -0.25) is 0 Å². The smallest absolute Gasteiger partial charge is 0.394 e. The largest absolute Gasteiger partial charge is 0.417 e. The van der Waals surface area contributed by atoms with Gasteiger partial charge in [-0.1, -0.05) is 56.4 Å². The first-order valence-corrected chi connectivity index (χ1v) is 12.6. The number of hydrogen-bond donors (Lipinski definition) is 2. The van der Waals surface area contributed by atoms with Crippen molar-refractivity contribution in [1.82, 2.24) is 10.2 Å². The monoisotopic (exact) mass is 479 g/mol. The molecule has 0 aliphatic heterocycles. The van der Waals surface area contributed by atoms with Gasteiger partial charge in [0.2, 0.25) is 0 Å². The molecule has 11 heteroatoms. The Hall–Kier alpha value is -1.56. The molecular weight excluding hydrogens is 451 g/mol. The first kappa shape index (κ1) is 25.7. The van der Waals surface area contributed by atoms with E-state index in [9.17, 15) is 26.7 Å². The molecule has 0 spiro atoms. The quantitative estimate of drug-likeness (QED) is 0.459. The molecule has 31 heavy (non-hydrogen) atoms. The van der Waals surface area contributed by atoms with Gasteiger partial charge >= 0.3 is 6.18 Å². The number of aliphatic hydroxyl groups is 1. The molecule has 1 aromatic carbocycles. The van der Waals surface area contributed by atoms with Crippen molar-refractivity contribution in [3.8, 4) is 10.6 Å². The van der Waals surface area contributed by atoms with Gasteiger partial charge in [0, 0.05) is 5.56 Å². The van der Waals surface area contributed by atoms with E-state index < -0.39 is 38.6 Å². The standard InChI is InChI=1S/C20H28F3N3O3S2/c1-3-4-5-6-7-8-11-31(28,29)16-10-9-14(12-15(16)20(21,22)23)17-25-26-18(30-17)19(2,24)13-27/h9-10,12,27H,3-8,11,13,24H2,1-2H3. The van der Waals surface area contributed by atoms with Crippen molar-refractivity contribution in [1.29, 1.82) is 0 Å². The molecule has 6 nitrogen and oxygen atoms in total. The van der Waals surface area contributed by atoms with Gasteiger partial charge < -0.3 is 10.8 Å². The Morgan fingerprint density at radius 2 is 1.74 bits per heavy atom. The number of nitrogens with two attached hydrogens (primary N) is 1. The molecule has 1 aromatic heterocycles. The van der Waals surface area contributed by atoms with Crippen LogP contribution in [0, 0.1) is 0 Å². The molecule has 0 aliphatic carbocycles. The number of rotatable bonds is 11. The molecule has 0 bridgehead atoms. The Bertz CT molecular complexity index is 974. The van der Waals surface area contributed by atoms with Gasteiger partial charge in [-0.15, -0.1) is 10.2 Å². The molecule has 174 valence electrons. The molecule has 1 heterocycles. The lowest BCUT2D eigenvalue weighted by Crippen LogP contribution is -2.36. The predicted molar refractivity (Wildman–Crippen MR) is 114 cm³/mol. The second-order valence-electron chi connectivity index (χ2n) is 7.78. The van der Waals surface area contributed by atoms with Crippen LogP contribution < -0.4 is 5.73 Å². The van der Waals surface area contributed by atoms with Crippen LogP contribution in [0.5, 0.6) is 0 Å². The molecule has 0 fully saturated rings. The molecule has 0 saturated carbocycles. The highest BCUT2D eigenvalue weighted by molar-refractivity contribution is 7.91. The zero-order valence-corrected chi connectivity index (χ0v) is 19.2. The van der Waals surface area contributed by atoms with E-state index in [2.05, 4.69) is 17.1 Å². The number of sulfone groups is 1. The molecule has 0 radical (unpaired) electrons. The number of halogens is 3. The van der Waals surface area contributed by atoms with E-state index in [-0.39, 0.29) is 21.3 Å². The van der Waals surface area contributed by atoms with Gasteiger partial charge in [-0.2, -0.15) is 13.2 Å². The van der Waals surface area contributed by atoms with E-state index in [1.807, 2.05) is 0 Å². The first-order valence-electron chi connectivity index (χ1n) is 10.1. The summed E-state index contributed by atoms with van der Waals surface area (Å²) in [6.07, 6.45) is 0.0981. The van der Waals surface area contributed by atoms with Crippen molar-refractivity contribution < 1.29 is 26.7 Å². The normalized spacial score (nSPS) is 14.5. The Morgan fingerprint density at radius 1 is 1.10 bits per heavy atom. The number of benzene rings is 1. The van der Waals surface area contributed by atoms with Crippen LogP contribution in [0.15, 0.2) is 23.1 Å². The van der Waals surface area contributed by atoms with Crippen molar-refractivity contribution in [2.24, 2.45) is 5.73 Å². The molecule has 1 atom stereocenters. The van der Waals surface area contributed by atoms with E-state index in [4.69, 9.17) is 5.73 Å². The summed E-state index contributed by atoms with van der Waals surface area (Å²) in [5.41, 5.74) is 3.58. The number of alkyl halides is 3. The summed E-state index contributed by atoms with van der Waals surface area (Å²) in [6, 6.07) is 3.06. The highest BCUT2D eigenvalue weighted by atomic mass is 32.2. The fourth-order valence-corrected chi connectivity index (χ4v) is 5.45. The Kier molecular flexibility index (Phi) is 8.60. The highest BCUT2D eigenvalue weighted by Gasteiger charge is 2.37. The van der Waals surface area contributed by atoms with Crippen molar-refractivity contribution >= 4 is 21.2 Å². The lowest BCUT2D eigenvalue weighted by atomic mass is 10.1. The van der Waals surface area contributed by atoms with E-state index in [1.54, 1.807) is 0 Å². The Balaban J connectivity index is 2.30. The van der Waals surface area contributed by atoms with Gasteiger partial charge in [0.1, 0.15) is 10.0 Å². The van der Waals surface area contributed by atoms with Crippen LogP contribution in [0.1, 0.15) is 62.9 Å². The Labute approximate surface area is 184 Å². The SMILES string of the molecule is CCCCCCCCS(=O)(=O)c1ccc(-c2nnc(C(C)(N)CO)s2)cc1C(F)(F)F. The minimum atomic E-state index is -4.85. The molecule has 0 amide bonds. The van der Waals surface area contributed by atoms with Crippen LogP contribution in [-0.2, 0) is 21.6 Å².